The summed E-state index contributed by atoms with van der Waals surface area (Å²) >= 11 is 11.9. The van der Waals surface area contributed by atoms with Gasteiger partial charge in [0.1, 0.15) is 0 Å². The van der Waals surface area contributed by atoms with Gasteiger partial charge < -0.3 is 10.2 Å². The molecule has 2 aliphatic rings. The lowest BCUT2D eigenvalue weighted by Gasteiger charge is -2.28. The Bertz CT molecular complexity index is 954. The van der Waals surface area contributed by atoms with Crippen molar-refractivity contribution >= 4 is 51.9 Å². The number of halogens is 5. The summed E-state index contributed by atoms with van der Waals surface area (Å²) < 4.78 is 38.5. The molecule has 4 nitrogen and oxygen atoms in total. The molecule has 9 heteroatoms. The third kappa shape index (κ3) is 3.01. The molecule has 0 atom stereocenters. The number of nitrogens with one attached hydrogen (secondary N) is 1. The van der Waals surface area contributed by atoms with Gasteiger partial charge in [0.2, 0.25) is 0 Å². The maximum absolute atomic E-state index is 12.8. The normalized spacial score (nSPS) is 16.0. The minimum Gasteiger partial charge on any atom is -0.337 e. The van der Waals surface area contributed by atoms with Crippen molar-refractivity contribution in [3.63, 3.8) is 0 Å². The van der Waals surface area contributed by atoms with Crippen LogP contribution in [0.2, 0.25) is 10.0 Å². The van der Waals surface area contributed by atoms with Crippen LogP contribution in [0.15, 0.2) is 46.4 Å². The average molecular weight is 399 g/mol. The van der Waals surface area contributed by atoms with Crippen LogP contribution >= 0.6 is 23.2 Å². The Morgan fingerprint density at radius 2 is 1.88 bits per heavy atom. The molecular weight excluding hydrogens is 388 g/mol. The number of aliphatic imine (C=N–C) groups is 2. The summed E-state index contributed by atoms with van der Waals surface area (Å²) in [5.41, 5.74) is 1.07. The van der Waals surface area contributed by atoms with E-state index in [9.17, 15) is 13.2 Å². The van der Waals surface area contributed by atoms with E-state index in [0.717, 1.165) is 11.8 Å². The summed E-state index contributed by atoms with van der Waals surface area (Å²) in [7, 11) is 0. The van der Waals surface area contributed by atoms with Crippen LogP contribution in [0.4, 0.5) is 30.2 Å². The third-order valence-corrected chi connectivity index (χ3v) is 4.60. The molecule has 1 N–H and O–H groups in total. The highest BCUT2D eigenvalue weighted by Crippen LogP contribution is 2.38. The van der Waals surface area contributed by atoms with Gasteiger partial charge in [0.25, 0.3) is 0 Å². The van der Waals surface area contributed by atoms with Crippen LogP contribution in [0.5, 0.6) is 0 Å². The maximum Gasteiger partial charge on any atom is 0.417 e. The summed E-state index contributed by atoms with van der Waals surface area (Å²) in [6.07, 6.45) is -4.50. The number of anilines is 2. The second-order valence-electron chi connectivity index (χ2n) is 5.77. The smallest absolute Gasteiger partial charge is 0.337 e. The minimum absolute atomic E-state index is 0.378. The van der Waals surface area contributed by atoms with Crippen molar-refractivity contribution in [2.24, 2.45) is 9.98 Å². The highest BCUT2D eigenvalue weighted by molar-refractivity contribution is 6.51. The first-order valence-corrected chi connectivity index (χ1v) is 8.43. The van der Waals surface area contributed by atoms with Crippen molar-refractivity contribution < 1.29 is 13.2 Å². The van der Waals surface area contributed by atoms with Crippen molar-refractivity contribution in [1.29, 1.82) is 0 Å². The minimum atomic E-state index is -4.50. The maximum atomic E-state index is 12.8. The Balaban J connectivity index is 1.70. The second-order valence-corrected chi connectivity index (χ2v) is 6.61. The van der Waals surface area contributed by atoms with Gasteiger partial charge in [-0.05, 0) is 36.4 Å². The molecule has 0 unspecified atom stereocenters. The van der Waals surface area contributed by atoms with Gasteiger partial charge in [-0.1, -0.05) is 23.2 Å². The van der Waals surface area contributed by atoms with Crippen LogP contribution in [0.3, 0.4) is 0 Å². The number of benzene rings is 2. The molecule has 0 fully saturated rings. The monoisotopic (exact) mass is 398 g/mol. The van der Waals surface area contributed by atoms with Crippen molar-refractivity contribution in [3.05, 3.63) is 52.0 Å². The lowest BCUT2D eigenvalue weighted by Crippen LogP contribution is -2.39. The fraction of sp³-hybridized carbons (Fsp3) is 0.176. The van der Waals surface area contributed by atoms with E-state index in [1.165, 1.54) is 12.1 Å². The largest absolute Gasteiger partial charge is 0.417 e. The lowest BCUT2D eigenvalue weighted by atomic mass is 10.2. The summed E-state index contributed by atoms with van der Waals surface area (Å²) in [5.74, 6) is 1.07. The van der Waals surface area contributed by atoms with Gasteiger partial charge in [-0.25, -0.2) is 4.99 Å². The van der Waals surface area contributed by atoms with Gasteiger partial charge in [0.05, 0.1) is 28.5 Å². The number of nitrogens with zero attached hydrogens (tertiary/aromatic N) is 3. The Kier molecular flexibility index (Phi) is 4.08. The molecule has 134 valence electrons. The number of fused-ring (bicyclic) bond motifs is 3. The van der Waals surface area contributed by atoms with Crippen LogP contribution < -0.4 is 10.2 Å². The Morgan fingerprint density at radius 1 is 1.08 bits per heavy atom. The molecule has 2 aromatic carbocycles. The number of rotatable bonds is 1. The molecule has 0 radical (unpaired) electrons. The van der Waals surface area contributed by atoms with Crippen LogP contribution in [0.25, 0.3) is 0 Å². The lowest BCUT2D eigenvalue weighted by molar-refractivity contribution is -0.137. The first kappa shape index (κ1) is 17.2. The van der Waals surface area contributed by atoms with E-state index in [4.69, 9.17) is 23.2 Å². The highest BCUT2D eigenvalue weighted by atomic mass is 35.5. The van der Waals surface area contributed by atoms with Gasteiger partial charge >= 0.3 is 6.18 Å². The number of alkyl halides is 3. The number of hydrogen-bond donors (Lipinski definition) is 1. The second kappa shape index (κ2) is 6.17. The van der Waals surface area contributed by atoms with Crippen LogP contribution in [-0.2, 0) is 6.18 Å². The van der Waals surface area contributed by atoms with E-state index >= 15 is 0 Å². The van der Waals surface area contributed by atoms with Gasteiger partial charge in [-0.15, -0.1) is 0 Å². The standard InChI is InChI=1S/C17H11Cl2F3N4/c18-9-1-4-13-14(7-9)26-6-5-23-16(26)15(25-13)24-10-2-3-11(12(19)8-10)17(20,21)22/h1-4,7-8H,5-6H2,(H,24,25). The van der Waals surface area contributed by atoms with Gasteiger partial charge in [0.15, 0.2) is 11.7 Å². The molecule has 0 amide bonds. The highest BCUT2D eigenvalue weighted by Gasteiger charge is 2.34. The zero-order valence-corrected chi connectivity index (χ0v) is 14.6. The zero-order chi connectivity index (χ0) is 18.5. The van der Waals surface area contributed by atoms with Crippen molar-refractivity contribution in [2.45, 2.75) is 6.18 Å². The summed E-state index contributed by atoms with van der Waals surface area (Å²) in [6, 6.07) is 8.81. The predicted molar refractivity (Wildman–Crippen MR) is 98.3 cm³/mol. The van der Waals surface area contributed by atoms with Crippen molar-refractivity contribution in [3.8, 4) is 0 Å². The molecule has 0 aromatic heterocycles. The molecule has 4 rings (SSSR count). The first-order chi connectivity index (χ1) is 12.3. The Labute approximate surface area is 157 Å². The first-order valence-electron chi connectivity index (χ1n) is 7.67. The molecular formula is C17H11Cl2F3N4. The van der Waals surface area contributed by atoms with Crippen LogP contribution in [0, 0.1) is 0 Å². The van der Waals surface area contributed by atoms with E-state index in [2.05, 4.69) is 15.3 Å². The van der Waals surface area contributed by atoms with Gasteiger partial charge in [-0.2, -0.15) is 13.2 Å². The number of hydrogen-bond acceptors (Lipinski definition) is 4. The van der Waals surface area contributed by atoms with E-state index in [-0.39, 0.29) is 5.02 Å². The molecule has 0 saturated carbocycles. The Hall–Kier alpha value is -2.25. The van der Waals surface area contributed by atoms with Crippen LogP contribution in [-0.4, -0.2) is 24.8 Å². The average Bonchev–Trinajstić information content (AvgIpc) is 3.04. The van der Waals surface area contributed by atoms with E-state index in [1.54, 1.807) is 12.1 Å². The number of amidine groups is 2. The molecule has 26 heavy (non-hydrogen) atoms. The fourth-order valence-corrected chi connectivity index (χ4v) is 3.36. The third-order valence-electron chi connectivity index (χ3n) is 4.05. The molecule has 2 heterocycles. The zero-order valence-electron chi connectivity index (χ0n) is 13.1. The summed E-state index contributed by atoms with van der Waals surface area (Å²) in [6.45, 7) is 1.27. The van der Waals surface area contributed by atoms with Crippen molar-refractivity contribution in [1.82, 2.24) is 0 Å². The SMILES string of the molecule is FC(F)(F)c1ccc(NC2=Nc3ccc(Cl)cc3N3CCN=C23)cc1Cl. The Morgan fingerprint density at radius 3 is 2.62 bits per heavy atom. The molecule has 0 bridgehead atoms. The van der Waals surface area contributed by atoms with Crippen LogP contribution in [0.1, 0.15) is 5.56 Å². The molecule has 2 aliphatic heterocycles. The summed E-state index contributed by atoms with van der Waals surface area (Å²) in [5, 5.41) is 3.24. The van der Waals surface area contributed by atoms with E-state index in [1.807, 2.05) is 11.0 Å². The van der Waals surface area contributed by atoms with E-state index < -0.39 is 11.7 Å². The predicted octanol–water partition coefficient (Wildman–Crippen LogP) is 5.39. The van der Waals surface area contributed by atoms with Crippen molar-refractivity contribution in [2.75, 3.05) is 23.3 Å². The van der Waals surface area contributed by atoms with Gasteiger partial charge in [0, 0.05) is 17.3 Å². The summed E-state index contributed by atoms with van der Waals surface area (Å²) in [4.78, 5) is 10.9. The topological polar surface area (TPSA) is 40.0 Å². The quantitative estimate of drug-likeness (QED) is 0.699. The molecule has 2 aromatic rings. The molecule has 0 aliphatic carbocycles. The fourth-order valence-electron chi connectivity index (χ4n) is 2.91. The molecule has 0 spiro atoms. The molecule has 0 saturated heterocycles. The van der Waals surface area contributed by atoms with E-state index in [0.29, 0.717) is 41.2 Å². The van der Waals surface area contributed by atoms with Gasteiger partial charge in [-0.3, -0.25) is 4.99 Å².